The molecule has 7 nitrogen and oxygen atoms in total. The molecule has 0 radical (unpaired) electrons. The summed E-state index contributed by atoms with van der Waals surface area (Å²) in [7, 11) is 0. The van der Waals surface area contributed by atoms with Gasteiger partial charge < -0.3 is 15.5 Å². The molecule has 3 rings (SSSR count). The molecule has 1 unspecified atom stereocenters. The van der Waals surface area contributed by atoms with Gasteiger partial charge in [-0.05, 0) is 56.2 Å². The molecular weight excluding hydrogens is 400 g/mol. The van der Waals surface area contributed by atoms with Gasteiger partial charge in [0, 0.05) is 54.6 Å². The largest absolute Gasteiger partial charge is 0.352 e. The highest BCUT2D eigenvalue weighted by Gasteiger charge is 2.26. The number of aromatic nitrogens is 1. The van der Waals surface area contributed by atoms with Crippen molar-refractivity contribution in [2.75, 3.05) is 18.4 Å². The molecule has 1 aromatic heterocycles. The van der Waals surface area contributed by atoms with Gasteiger partial charge in [0.05, 0.1) is 5.25 Å². The molecule has 1 aliphatic heterocycles. The number of hydrogen-bond acceptors (Lipinski definition) is 5. The van der Waals surface area contributed by atoms with Crippen LogP contribution in [-0.4, -0.2) is 52.0 Å². The lowest BCUT2D eigenvalue weighted by Gasteiger charge is -2.33. The average molecular weight is 427 g/mol. The molecule has 0 saturated carbocycles. The molecule has 0 aliphatic carbocycles. The van der Waals surface area contributed by atoms with Gasteiger partial charge in [0.2, 0.25) is 11.8 Å². The number of thioether (sulfide) groups is 1. The predicted octanol–water partition coefficient (Wildman–Crippen LogP) is 2.94. The Hall–Kier alpha value is -2.87. The Bertz CT molecular complexity index is 881. The highest BCUT2D eigenvalue weighted by Crippen LogP contribution is 2.25. The molecule has 0 bridgehead atoms. The Morgan fingerprint density at radius 1 is 1.07 bits per heavy atom. The van der Waals surface area contributed by atoms with Crippen LogP contribution in [0.3, 0.4) is 0 Å². The molecular formula is C22H26N4O3S. The molecule has 30 heavy (non-hydrogen) atoms. The molecule has 0 spiro atoms. The van der Waals surface area contributed by atoms with Crippen molar-refractivity contribution in [3.63, 3.8) is 0 Å². The van der Waals surface area contributed by atoms with Crippen molar-refractivity contribution in [1.29, 1.82) is 0 Å². The van der Waals surface area contributed by atoms with Gasteiger partial charge in [-0.1, -0.05) is 0 Å². The molecule has 2 N–H and O–H groups in total. The SMILES string of the molecule is CC(=O)Nc1ccc(SC(C)C(=O)NC2CCN(C(=O)c3ccncc3)CC2)cc1. The van der Waals surface area contributed by atoms with Gasteiger partial charge >= 0.3 is 0 Å². The summed E-state index contributed by atoms with van der Waals surface area (Å²) >= 11 is 1.48. The van der Waals surface area contributed by atoms with Crippen LogP contribution in [0, 0.1) is 0 Å². The highest BCUT2D eigenvalue weighted by molar-refractivity contribution is 8.00. The quantitative estimate of drug-likeness (QED) is 0.693. The number of amides is 3. The van der Waals surface area contributed by atoms with Crippen LogP contribution in [-0.2, 0) is 9.59 Å². The summed E-state index contributed by atoms with van der Waals surface area (Å²) in [4.78, 5) is 42.9. The molecule has 158 valence electrons. The van der Waals surface area contributed by atoms with Crippen molar-refractivity contribution in [1.82, 2.24) is 15.2 Å². The number of pyridine rings is 1. The topological polar surface area (TPSA) is 91.4 Å². The Kier molecular flexibility index (Phi) is 7.46. The third-order valence-corrected chi connectivity index (χ3v) is 6.02. The first-order chi connectivity index (χ1) is 14.4. The van der Waals surface area contributed by atoms with Crippen molar-refractivity contribution >= 4 is 35.2 Å². The van der Waals surface area contributed by atoms with Crippen molar-refractivity contribution in [3.05, 3.63) is 54.4 Å². The van der Waals surface area contributed by atoms with Gasteiger partial charge in [0.25, 0.3) is 5.91 Å². The highest BCUT2D eigenvalue weighted by atomic mass is 32.2. The number of benzene rings is 1. The minimum atomic E-state index is -0.243. The van der Waals surface area contributed by atoms with E-state index in [4.69, 9.17) is 0 Å². The van der Waals surface area contributed by atoms with Crippen LogP contribution in [0.1, 0.15) is 37.0 Å². The van der Waals surface area contributed by atoms with Crippen LogP contribution in [0.4, 0.5) is 5.69 Å². The van der Waals surface area contributed by atoms with Crippen molar-refractivity contribution in [3.8, 4) is 0 Å². The van der Waals surface area contributed by atoms with E-state index in [2.05, 4.69) is 15.6 Å². The van der Waals surface area contributed by atoms with Gasteiger partial charge in [-0.3, -0.25) is 19.4 Å². The molecule has 1 fully saturated rings. The molecule has 1 aliphatic rings. The second kappa shape index (κ2) is 10.2. The van der Waals surface area contributed by atoms with E-state index >= 15 is 0 Å². The second-order valence-electron chi connectivity index (χ2n) is 7.28. The molecule has 1 aromatic carbocycles. The van der Waals surface area contributed by atoms with E-state index in [0.717, 1.165) is 23.4 Å². The predicted molar refractivity (Wildman–Crippen MR) is 117 cm³/mol. The van der Waals surface area contributed by atoms with Crippen LogP contribution in [0.15, 0.2) is 53.7 Å². The lowest BCUT2D eigenvalue weighted by Crippen LogP contribution is -2.48. The number of nitrogens with one attached hydrogen (secondary N) is 2. The summed E-state index contributed by atoms with van der Waals surface area (Å²) in [5.74, 6) is -0.115. The van der Waals surface area contributed by atoms with E-state index in [-0.39, 0.29) is 29.0 Å². The zero-order valence-corrected chi connectivity index (χ0v) is 17.9. The molecule has 1 atom stereocenters. The molecule has 3 amide bonds. The minimum absolute atomic E-state index is 0.00816. The summed E-state index contributed by atoms with van der Waals surface area (Å²) in [5, 5.41) is 5.59. The lowest BCUT2D eigenvalue weighted by molar-refractivity contribution is -0.121. The van der Waals surface area contributed by atoms with Gasteiger partial charge in [0.1, 0.15) is 0 Å². The number of carbonyl (C=O) groups excluding carboxylic acids is 3. The summed E-state index contributed by atoms with van der Waals surface area (Å²) in [6, 6.07) is 10.9. The summed E-state index contributed by atoms with van der Waals surface area (Å²) < 4.78 is 0. The lowest BCUT2D eigenvalue weighted by atomic mass is 10.0. The average Bonchev–Trinajstić information content (AvgIpc) is 2.75. The number of piperidine rings is 1. The summed E-state index contributed by atoms with van der Waals surface area (Å²) in [6.07, 6.45) is 4.72. The minimum Gasteiger partial charge on any atom is -0.352 e. The number of rotatable bonds is 6. The number of anilines is 1. The van der Waals surface area contributed by atoms with E-state index in [1.165, 1.54) is 18.7 Å². The normalized spacial score (nSPS) is 15.3. The molecule has 8 heteroatoms. The maximum absolute atomic E-state index is 12.6. The van der Waals surface area contributed by atoms with Crippen molar-refractivity contribution in [2.24, 2.45) is 0 Å². The van der Waals surface area contributed by atoms with E-state index in [0.29, 0.717) is 18.7 Å². The first kappa shape index (κ1) is 21.8. The van der Waals surface area contributed by atoms with Crippen LogP contribution in [0.2, 0.25) is 0 Å². The third kappa shape index (κ3) is 6.06. The van der Waals surface area contributed by atoms with E-state index in [1.54, 1.807) is 24.5 Å². The Labute approximate surface area is 180 Å². The van der Waals surface area contributed by atoms with Crippen LogP contribution in [0.25, 0.3) is 0 Å². The first-order valence-electron chi connectivity index (χ1n) is 9.96. The molecule has 2 heterocycles. The second-order valence-corrected chi connectivity index (χ2v) is 8.69. The third-order valence-electron chi connectivity index (χ3n) is 4.91. The fourth-order valence-corrected chi connectivity index (χ4v) is 4.18. The Morgan fingerprint density at radius 2 is 1.70 bits per heavy atom. The smallest absolute Gasteiger partial charge is 0.253 e. The van der Waals surface area contributed by atoms with Gasteiger partial charge in [-0.2, -0.15) is 0 Å². The van der Waals surface area contributed by atoms with E-state index in [9.17, 15) is 14.4 Å². The van der Waals surface area contributed by atoms with Gasteiger partial charge in [-0.25, -0.2) is 0 Å². The van der Waals surface area contributed by atoms with E-state index in [1.807, 2.05) is 36.1 Å². The van der Waals surface area contributed by atoms with Crippen LogP contribution < -0.4 is 10.6 Å². The number of likely N-dealkylation sites (tertiary alicyclic amines) is 1. The Morgan fingerprint density at radius 3 is 2.30 bits per heavy atom. The fraction of sp³-hybridized carbons (Fsp3) is 0.364. The maximum Gasteiger partial charge on any atom is 0.253 e. The summed E-state index contributed by atoms with van der Waals surface area (Å²) in [5.41, 5.74) is 1.37. The zero-order chi connectivity index (χ0) is 21.5. The van der Waals surface area contributed by atoms with Crippen LogP contribution >= 0.6 is 11.8 Å². The maximum atomic E-state index is 12.6. The van der Waals surface area contributed by atoms with E-state index < -0.39 is 0 Å². The van der Waals surface area contributed by atoms with Gasteiger partial charge in [0.15, 0.2) is 0 Å². The zero-order valence-electron chi connectivity index (χ0n) is 17.1. The fourth-order valence-electron chi connectivity index (χ4n) is 3.30. The number of carbonyl (C=O) groups is 3. The molecule has 2 aromatic rings. The number of nitrogens with zero attached hydrogens (tertiary/aromatic N) is 2. The van der Waals surface area contributed by atoms with Crippen LogP contribution in [0.5, 0.6) is 0 Å². The van der Waals surface area contributed by atoms with Gasteiger partial charge in [-0.15, -0.1) is 11.8 Å². The first-order valence-corrected chi connectivity index (χ1v) is 10.8. The van der Waals surface area contributed by atoms with Crippen molar-refractivity contribution < 1.29 is 14.4 Å². The summed E-state index contributed by atoms with van der Waals surface area (Å²) in [6.45, 7) is 4.59. The molecule has 1 saturated heterocycles. The number of hydrogen-bond donors (Lipinski definition) is 2. The monoisotopic (exact) mass is 426 g/mol. The van der Waals surface area contributed by atoms with Crippen molar-refractivity contribution in [2.45, 2.75) is 42.9 Å². The Balaban J connectivity index is 1.45. The standard InChI is InChI=1S/C22H26N4O3S/c1-15(30-20-5-3-18(4-6-20)24-16(2)27)21(28)25-19-9-13-26(14-10-19)22(29)17-7-11-23-12-8-17/h3-8,11-12,15,19H,9-10,13-14H2,1-2H3,(H,24,27)(H,25,28).